The Morgan fingerprint density at radius 2 is 1.34 bits per heavy atom. The first-order valence-electron chi connectivity index (χ1n) is 7.80. The molecule has 1 aliphatic rings. The molecule has 4 nitrogen and oxygen atoms in total. The summed E-state index contributed by atoms with van der Waals surface area (Å²) in [6.45, 7) is 0. The van der Waals surface area contributed by atoms with Crippen LogP contribution in [0.1, 0.15) is 27.5 Å². The largest absolute Gasteiger partial charge is 0.503 e. The summed E-state index contributed by atoms with van der Waals surface area (Å²) in [4.78, 5) is 11.3. The number of sulfone groups is 1. The first-order chi connectivity index (χ1) is 13.2. The Morgan fingerprint density at radius 1 is 0.828 bits per heavy atom. The molecule has 1 aliphatic heterocycles. The van der Waals surface area contributed by atoms with Crippen molar-refractivity contribution in [1.82, 2.24) is 0 Å². The van der Waals surface area contributed by atoms with Crippen molar-refractivity contribution in [2.45, 2.75) is 17.6 Å². The maximum absolute atomic E-state index is 12.9. The molecule has 29 heavy (non-hydrogen) atoms. The first kappa shape index (κ1) is 20.9. The Kier molecular flexibility index (Phi) is 4.77. The van der Waals surface area contributed by atoms with Crippen molar-refractivity contribution in [3.8, 4) is 0 Å². The third kappa shape index (κ3) is 3.61. The van der Waals surface area contributed by atoms with Gasteiger partial charge in [-0.3, -0.25) is 4.79 Å². The number of benzene rings is 2. The average Bonchev–Trinajstić information content (AvgIpc) is 2.78. The van der Waals surface area contributed by atoms with Gasteiger partial charge in [-0.25, -0.2) is 8.42 Å². The molecule has 154 valence electrons. The predicted molar refractivity (Wildman–Crippen MR) is 89.1 cm³/mol. The third-order valence-electron chi connectivity index (χ3n) is 4.25. The number of alkyl halides is 6. The lowest BCUT2D eigenvalue weighted by molar-refractivity contribution is -0.138. The minimum absolute atomic E-state index is 0.435. The number of aliphatic hydroxyl groups is 1. The molecule has 0 amide bonds. The number of hydrogen-bond acceptors (Lipinski definition) is 4. The van der Waals surface area contributed by atoms with E-state index in [0.717, 1.165) is 24.3 Å². The van der Waals surface area contributed by atoms with Gasteiger partial charge in [0.2, 0.25) is 5.78 Å². The van der Waals surface area contributed by atoms with E-state index >= 15 is 0 Å². The fourth-order valence-corrected chi connectivity index (χ4v) is 4.94. The Morgan fingerprint density at radius 3 is 1.90 bits per heavy atom. The molecule has 0 aliphatic carbocycles. The lowest BCUT2D eigenvalue weighted by Gasteiger charge is -2.14. The number of rotatable bonds is 2. The topological polar surface area (TPSA) is 71.4 Å². The molecular weight excluding hydrogens is 426 g/mol. The number of allylic oxidation sites excluding steroid dienone is 1. The summed E-state index contributed by atoms with van der Waals surface area (Å²) >= 11 is 0. The SMILES string of the molecule is O=C1C(O)=C(c2cccc(C(F)(F)F)c2)S(=O)(=O)C1c1cccc(C(F)(F)F)c1. The molecule has 0 fully saturated rings. The second kappa shape index (κ2) is 6.61. The van der Waals surface area contributed by atoms with Crippen molar-refractivity contribution in [2.24, 2.45) is 0 Å². The van der Waals surface area contributed by atoms with Gasteiger partial charge in [0.1, 0.15) is 4.91 Å². The Balaban J connectivity index is 2.14. The Bertz CT molecular complexity index is 1130. The van der Waals surface area contributed by atoms with Crippen molar-refractivity contribution in [1.29, 1.82) is 0 Å². The van der Waals surface area contributed by atoms with Gasteiger partial charge in [0.15, 0.2) is 20.8 Å². The minimum Gasteiger partial charge on any atom is -0.503 e. The molecule has 2 aromatic rings. The summed E-state index contributed by atoms with van der Waals surface area (Å²) < 4.78 is 103. The smallest absolute Gasteiger partial charge is 0.416 e. The molecule has 0 radical (unpaired) electrons. The summed E-state index contributed by atoms with van der Waals surface area (Å²) in [7, 11) is -4.81. The zero-order chi connectivity index (χ0) is 21.8. The first-order valence-corrected chi connectivity index (χ1v) is 9.35. The molecule has 2 aromatic carbocycles. The molecule has 0 aromatic heterocycles. The molecular formula is C18H10F6O4S. The molecule has 3 rings (SSSR count). The summed E-state index contributed by atoms with van der Waals surface area (Å²) in [6.07, 6.45) is -9.64. The van der Waals surface area contributed by atoms with Crippen LogP contribution in [0.4, 0.5) is 26.3 Å². The fraction of sp³-hybridized carbons (Fsp3) is 0.167. The highest BCUT2D eigenvalue weighted by atomic mass is 32.2. The molecule has 1 atom stereocenters. The van der Waals surface area contributed by atoms with E-state index in [2.05, 4.69) is 0 Å². The number of ketones is 1. The van der Waals surface area contributed by atoms with E-state index < -0.39 is 66.1 Å². The van der Waals surface area contributed by atoms with Crippen LogP contribution in [0.2, 0.25) is 0 Å². The summed E-state index contributed by atoms with van der Waals surface area (Å²) in [5.74, 6) is -2.75. The van der Waals surface area contributed by atoms with Crippen LogP contribution in [0.25, 0.3) is 4.91 Å². The van der Waals surface area contributed by atoms with E-state index in [9.17, 15) is 44.7 Å². The maximum atomic E-state index is 12.9. The lowest BCUT2D eigenvalue weighted by atomic mass is 10.0. The molecule has 0 bridgehead atoms. The van der Waals surface area contributed by atoms with E-state index in [1.807, 2.05) is 0 Å². The highest BCUT2D eigenvalue weighted by Gasteiger charge is 2.49. The lowest BCUT2D eigenvalue weighted by Crippen LogP contribution is -2.17. The second-order valence-electron chi connectivity index (χ2n) is 6.17. The van der Waals surface area contributed by atoms with Crippen LogP contribution in [-0.2, 0) is 27.0 Å². The average molecular weight is 436 g/mol. The van der Waals surface area contributed by atoms with Gasteiger partial charge in [-0.15, -0.1) is 0 Å². The monoisotopic (exact) mass is 436 g/mol. The zero-order valence-corrected chi connectivity index (χ0v) is 14.9. The zero-order valence-electron chi connectivity index (χ0n) is 14.0. The van der Waals surface area contributed by atoms with Crippen LogP contribution >= 0.6 is 0 Å². The van der Waals surface area contributed by atoms with Crippen LogP contribution in [0.15, 0.2) is 54.3 Å². The van der Waals surface area contributed by atoms with E-state index in [-0.39, 0.29) is 0 Å². The molecule has 1 N–H and O–H groups in total. The number of halogens is 6. The second-order valence-corrected chi connectivity index (χ2v) is 8.14. The van der Waals surface area contributed by atoms with E-state index in [1.54, 1.807) is 0 Å². The predicted octanol–water partition coefficient (Wildman–Crippen LogP) is 4.69. The van der Waals surface area contributed by atoms with Gasteiger partial charge in [-0.05, 0) is 29.3 Å². The number of hydrogen-bond donors (Lipinski definition) is 1. The van der Waals surface area contributed by atoms with Gasteiger partial charge in [-0.2, -0.15) is 26.3 Å². The molecule has 0 saturated heterocycles. The number of aliphatic hydroxyl groups excluding tert-OH is 1. The van der Waals surface area contributed by atoms with E-state index in [4.69, 9.17) is 0 Å². The summed E-state index contributed by atoms with van der Waals surface area (Å²) in [5.41, 5.74) is -3.59. The number of carbonyl (C=O) groups excluding carboxylic acids is 1. The van der Waals surface area contributed by atoms with Crippen molar-refractivity contribution in [3.63, 3.8) is 0 Å². The van der Waals surface area contributed by atoms with Crippen molar-refractivity contribution in [2.75, 3.05) is 0 Å². The standard InChI is InChI=1S/C18H10F6O4S/c19-17(20,21)11-5-1-3-9(7-11)15-13(25)14(26)16(29(15,27)28)10-4-2-6-12(8-10)18(22,23)24/h1-8,15,26H. The third-order valence-corrected chi connectivity index (χ3v) is 6.36. The maximum Gasteiger partial charge on any atom is 0.416 e. The normalized spacial score (nSPS) is 19.7. The van der Waals surface area contributed by atoms with Crippen LogP contribution < -0.4 is 0 Å². The molecule has 0 saturated carbocycles. The fourth-order valence-electron chi connectivity index (χ4n) is 2.98. The van der Waals surface area contributed by atoms with Crippen LogP contribution in [0.3, 0.4) is 0 Å². The number of carbonyl (C=O) groups is 1. The molecule has 1 unspecified atom stereocenters. The van der Waals surface area contributed by atoms with Crippen LogP contribution in [-0.4, -0.2) is 19.3 Å². The minimum atomic E-state index is -4.82. The van der Waals surface area contributed by atoms with E-state index in [0.29, 0.717) is 24.3 Å². The van der Waals surface area contributed by atoms with Gasteiger partial charge in [-0.1, -0.05) is 30.3 Å². The quantitative estimate of drug-likeness (QED) is 0.694. The van der Waals surface area contributed by atoms with Crippen molar-refractivity contribution < 1.29 is 44.7 Å². The molecule has 1 heterocycles. The molecule has 11 heteroatoms. The van der Waals surface area contributed by atoms with E-state index in [1.165, 1.54) is 0 Å². The van der Waals surface area contributed by atoms with Crippen molar-refractivity contribution >= 4 is 20.5 Å². The Hall–Kier alpha value is -2.82. The Labute approximate surface area is 160 Å². The van der Waals surface area contributed by atoms with Gasteiger partial charge in [0.25, 0.3) is 0 Å². The van der Waals surface area contributed by atoms with Gasteiger partial charge in [0.05, 0.1) is 11.1 Å². The molecule has 0 spiro atoms. The highest BCUT2D eigenvalue weighted by molar-refractivity contribution is 8.02. The number of Topliss-reactive ketones (excluding diaryl/α,β-unsaturated/α-hetero) is 1. The highest BCUT2D eigenvalue weighted by Crippen LogP contribution is 2.45. The van der Waals surface area contributed by atoms with Crippen molar-refractivity contribution in [3.05, 3.63) is 76.5 Å². The van der Waals surface area contributed by atoms with Crippen LogP contribution in [0.5, 0.6) is 0 Å². The van der Waals surface area contributed by atoms with Gasteiger partial charge in [0, 0.05) is 0 Å². The van der Waals surface area contributed by atoms with Gasteiger partial charge < -0.3 is 5.11 Å². The van der Waals surface area contributed by atoms with Gasteiger partial charge >= 0.3 is 12.4 Å². The summed E-state index contributed by atoms with van der Waals surface area (Å²) in [6, 6.07) is 5.88. The summed E-state index contributed by atoms with van der Waals surface area (Å²) in [5, 5.41) is 7.85. The van der Waals surface area contributed by atoms with Crippen LogP contribution in [0, 0.1) is 0 Å².